The molecule has 0 fully saturated rings. The first kappa shape index (κ1) is 21.8. The van der Waals surface area contributed by atoms with Crippen molar-refractivity contribution in [3.8, 4) is 6.07 Å². The molecule has 2 atom stereocenters. The molecule has 5 nitrogen and oxygen atoms in total. The maximum absolute atomic E-state index is 8.73. The minimum Gasteiger partial charge on any atom is -0.379 e. The summed E-state index contributed by atoms with van der Waals surface area (Å²) in [5.41, 5.74) is 3.50. The SMILES string of the molecule is CC(C)N(C(C)C)P(OCCC#N)OCCOCCC[C@@H]1CCC2=C1C2. The highest BCUT2D eigenvalue weighted by molar-refractivity contribution is 7.44. The van der Waals surface area contributed by atoms with Crippen molar-refractivity contribution in [2.45, 2.75) is 78.3 Å². The van der Waals surface area contributed by atoms with E-state index in [1.54, 1.807) is 11.1 Å². The molecule has 148 valence electrons. The molecule has 0 aromatic carbocycles. The Hall–Kier alpha value is -0.500. The maximum Gasteiger partial charge on any atom is 0.259 e. The molecule has 0 saturated carbocycles. The number of hydrogen-bond acceptors (Lipinski definition) is 5. The molecule has 26 heavy (non-hydrogen) atoms. The molecule has 0 aliphatic heterocycles. The van der Waals surface area contributed by atoms with Crippen LogP contribution < -0.4 is 0 Å². The Bertz CT molecular complexity index is 494. The van der Waals surface area contributed by atoms with Crippen molar-refractivity contribution in [3.05, 3.63) is 11.1 Å². The van der Waals surface area contributed by atoms with Crippen LogP contribution in [0.25, 0.3) is 0 Å². The van der Waals surface area contributed by atoms with E-state index in [-0.39, 0.29) is 0 Å². The minimum atomic E-state index is -1.15. The largest absolute Gasteiger partial charge is 0.379 e. The predicted molar refractivity (Wildman–Crippen MR) is 106 cm³/mol. The van der Waals surface area contributed by atoms with E-state index in [0.717, 1.165) is 18.9 Å². The Labute approximate surface area is 160 Å². The lowest BCUT2D eigenvalue weighted by atomic mass is 9.97. The van der Waals surface area contributed by atoms with Gasteiger partial charge in [-0.2, -0.15) is 5.26 Å². The van der Waals surface area contributed by atoms with E-state index in [1.165, 1.54) is 25.7 Å². The van der Waals surface area contributed by atoms with Crippen molar-refractivity contribution < 1.29 is 13.8 Å². The average Bonchev–Trinajstić information content (AvgIpc) is 3.26. The fourth-order valence-electron chi connectivity index (χ4n) is 3.73. The molecule has 1 unspecified atom stereocenters. The molecule has 0 aromatic heterocycles. The van der Waals surface area contributed by atoms with Crippen LogP contribution in [0.5, 0.6) is 0 Å². The standard InChI is InChI=1S/C20H35N2O3P/c1-16(2)22(17(3)4)26(24-12-6-10-21)25-14-13-23-11-5-7-18-8-9-19-15-20(18)19/h16-18H,5-9,11-15H2,1-4H3/t18-,26?/m1/s1. The van der Waals surface area contributed by atoms with Crippen molar-refractivity contribution in [1.29, 1.82) is 5.26 Å². The zero-order chi connectivity index (χ0) is 18.9. The first-order valence-electron chi connectivity index (χ1n) is 10.0. The third-order valence-electron chi connectivity index (χ3n) is 4.95. The smallest absolute Gasteiger partial charge is 0.259 e. The van der Waals surface area contributed by atoms with Crippen molar-refractivity contribution in [3.63, 3.8) is 0 Å². The van der Waals surface area contributed by atoms with Crippen molar-refractivity contribution in [1.82, 2.24) is 4.67 Å². The zero-order valence-corrected chi connectivity index (χ0v) is 17.8. The molecular weight excluding hydrogens is 347 g/mol. The highest BCUT2D eigenvalue weighted by atomic mass is 31.2. The predicted octanol–water partition coefficient (Wildman–Crippen LogP) is 5.19. The lowest BCUT2D eigenvalue weighted by Crippen LogP contribution is -2.34. The monoisotopic (exact) mass is 382 g/mol. The summed E-state index contributed by atoms with van der Waals surface area (Å²) < 4.78 is 19.9. The van der Waals surface area contributed by atoms with Gasteiger partial charge >= 0.3 is 0 Å². The summed E-state index contributed by atoms with van der Waals surface area (Å²) in [6.07, 6.45) is 6.86. The lowest BCUT2D eigenvalue weighted by molar-refractivity contribution is 0.0845. The number of ether oxygens (including phenoxy) is 1. The Morgan fingerprint density at radius 3 is 2.42 bits per heavy atom. The maximum atomic E-state index is 8.73. The van der Waals surface area contributed by atoms with E-state index >= 15 is 0 Å². The van der Waals surface area contributed by atoms with Crippen LogP contribution in [-0.2, 0) is 13.8 Å². The van der Waals surface area contributed by atoms with Gasteiger partial charge < -0.3 is 13.8 Å². The molecule has 0 N–H and O–H groups in total. The van der Waals surface area contributed by atoms with Gasteiger partial charge in [0, 0.05) is 18.7 Å². The average molecular weight is 382 g/mol. The van der Waals surface area contributed by atoms with Crippen LogP contribution >= 0.6 is 8.53 Å². The van der Waals surface area contributed by atoms with Gasteiger partial charge in [-0.05, 0) is 65.7 Å². The fourth-order valence-corrected chi connectivity index (χ4v) is 5.30. The Morgan fingerprint density at radius 1 is 1.12 bits per heavy atom. The molecule has 0 bridgehead atoms. The number of rotatable bonds is 14. The van der Waals surface area contributed by atoms with Crippen molar-refractivity contribution in [2.75, 3.05) is 26.4 Å². The zero-order valence-electron chi connectivity index (χ0n) is 16.9. The summed E-state index contributed by atoms with van der Waals surface area (Å²) in [5.74, 6) is 0.858. The molecule has 0 heterocycles. The second kappa shape index (κ2) is 11.4. The van der Waals surface area contributed by atoms with Gasteiger partial charge in [-0.15, -0.1) is 0 Å². The van der Waals surface area contributed by atoms with E-state index in [9.17, 15) is 0 Å². The van der Waals surface area contributed by atoms with Crippen molar-refractivity contribution in [2.24, 2.45) is 5.92 Å². The summed E-state index contributed by atoms with van der Waals surface area (Å²) in [6.45, 7) is 10.9. The summed E-state index contributed by atoms with van der Waals surface area (Å²) in [5, 5.41) is 8.73. The van der Waals surface area contributed by atoms with E-state index in [0.29, 0.717) is 38.3 Å². The summed E-state index contributed by atoms with van der Waals surface area (Å²) >= 11 is 0. The van der Waals surface area contributed by atoms with Crippen LogP contribution in [0.4, 0.5) is 0 Å². The van der Waals surface area contributed by atoms with Crippen molar-refractivity contribution >= 4 is 8.53 Å². The second-order valence-corrected chi connectivity index (χ2v) is 9.13. The van der Waals surface area contributed by atoms with Crippen LogP contribution in [0.2, 0.25) is 0 Å². The van der Waals surface area contributed by atoms with Gasteiger partial charge in [-0.1, -0.05) is 11.1 Å². The van der Waals surface area contributed by atoms with E-state index < -0.39 is 8.53 Å². The first-order chi connectivity index (χ1) is 12.5. The van der Waals surface area contributed by atoms with Crippen LogP contribution in [0.15, 0.2) is 11.1 Å². The van der Waals surface area contributed by atoms with E-state index in [1.807, 2.05) is 0 Å². The van der Waals surface area contributed by atoms with Gasteiger partial charge in [0.15, 0.2) is 0 Å². The van der Waals surface area contributed by atoms with E-state index in [2.05, 4.69) is 38.4 Å². The third kappa shape index (κ3) is 6.91. The number of hydrogen-bond donors (Lipinski definition) is 0. The number of allylic oxidation sites excluding steroid dienone is 2. The Kier molecular flexibility index (Phi) is 9.53. The number of nitrogens with zero attached hydrogens (tertiary/aromatic N) is 2. The van der Waals surface area contributed by atoms with Gasteiger partial charge in [0.1, 0.15) is 0 Å². The quantitative estimate of drug-likeness (QED) is 0.235. The van der Waals surface area contributed by atoms with E-state index in [4.69, 9.17) is 19.0 Å². The fraction of sp³-hybridized carbons (Fsp3) is 0.850. The van der Waals surface area contributed by atoms with Gasteiger partial charge in [-0.25, -0.2) is 4.67 Å². The van der Waals surface area contributed by atoms with Gasteiger partial charge in [-0.3, -0.25) is 0 Å². The van der Waals surface area contributed by atoms with Crippen LogP contribution in [0.1, 0.15) is 66.2 Å². The highest BCUT2D eigenvalue weighted by Crippen LogP contribution is 2.50. The normalized spacial score (nSPS) is 20.2. The topological polar surface area (TPSA) is 54.7 Å². The molecule has 2 rings (SSSR count). The lowest BCUT2D eigenvalue weighted by Gasteiger charge is -2.35. The first-order valence-corrected chi connectivity index (χ1v) is 11.2. The minimum absolute atomic E-state index is 0.331. The number of nitriles is 1. The molecule has 0 saturated heterocycles. The molecule has 0 spiro atoms. The molecular formula is C20H35N2O3P. The molecule has 2 aliphatic rings. The Balaban J connectivity index is 1.60. The van der Waals surface area contributed by atoms with Gasteiger partial charge in [0.2, 0.25) is 0 Å². The molecule has 0 radical (unpaired) electrons. The Morgan fingerprint density at radius 2 is 1.85 bits per heavy atom. The summed E-state index contributed by atoms with van der Waals surface area (Å²) in [6, 6.07) is 2.78. The van der Waals surface area contributed by atoms with Gasteiger partial charge in [0.25, 0.3) is 8.53 Å². The van der Waals surface area contributed by atoms with Gasteiger partial charge in [0.05, 0.1) is 32.3 Å². The summed E-state index contributed by atoms with van der Waals surface area (Å²) in [7, 11) is -1.15. The van der Waals surface area contributed by atoms with Crippen LogP contribution in [0, 0.1) is 17.2 Å². The van der Waals surface area contributed by atoms with Crippen LogP contribution in [-0.4, -0.2) is 43.2 Å². The van der Waals surface area contributed by atoms with Crippen LogP contribution in [0.3, 0.4) is 0 Å². The molecule has 2 aliphatic carbocycles. The highest BCUT2D eigenvalue weighted by Gasteiger charge is 2.34. The molecule has 6 heteroatoms. The molecule has 0 amide bonds. The third-order valence-corrected chi connectivity index (χ3v) is 7.06. The second-order valence-electron chi connectivity index (χ2n) is 7.68. The summed E-state index contributed by atoms with van der Waals surface area (Å²) in [4.78, 5) is 0. The molecule has 0 aromatic rings.